The quantitative estimate of drug-likeness (QED) is 0.154. The highest BCUT2D eigenvalue weighted by atomic mass is 16.2. The van der Waals surface area contributed by atoms with Gasteiger partial charge in [0, 0.05) is 0 Å². The summed E-state index contributed by atoms with van der Waals surface area (Å²) in [4.78, 5) is 82.0. The smallest absolute Gasteiger partial charge is 0.300 e. The van der Waals surface area contributed by atoms with Gasteiger partial charge < -0.3 is 0 Å². The molecule has 4 aromatic heterocycles. The van der Waals surface area contributed by atoms with E-state index in [1.807, 2.05) is 9.97 Å². The molecule has 4 aromatic rings. The first-order valence-corrected chi connectivity index (χ1v) is 6.72. The van der Waals surface area contributed by atoms with Gasteiger partial charge in [-0.05, 0) is 0 Å². The Morgan fingerprint density at radius 2 is 0.692 bits per heavy atom. The molecule has 0 aliphatic carbocycles. The van der Waals surface area contributed by atoms with Crippen molar-refractivity contribution >= 4 is 22.3 Å². The highest BCUT2D eigenvalue weighted by Crippen LogP contribution is 1.89. The maximum absolute atomic E-state index is 10.9. The zero-order chi connectivity index (χ0) is 19.4. The van der Waals surface area contributed by atoms with Crippen molar-refractivity contribution in [1.29, 1.82) is 0 Å². The van der Waals surface area contributed by atoms with Crippen LogP contribution in [0.4, 0.5) is 0 Å². The molecular weight excluding hydrogens is 352 g/mol. The Kier molecular flexibility index (Phi) is 4.87. The summed E-state index contributed by atoms with van der Waals surface area (Å²) >= 11 is 0. The first-order valence-electron chi connectivity index (χ1n) is 6.72. The zero-order valence-corrected chi connectivity index (χ0v) is 12.9. The molecule has 0 unspecified atom stereocenters. The minimum Gasteiger partial charge on any atom is -0.300 e. The maximum atomic E-state index is 10.9. The summed E-state index contributed by atoms with van der Waals surface area (Å²) in [6.45, 7) is 6.00. The van der Waals surface area contributed by atoms with Crippen molar-refractivity contribution in [3.8, 4) is 0 Å². The molecule has 0 saturated carbocycles. The van der Waals surface area contributed by atoms with E-state index in [9.17, 15) is 28.8 Å². The molecule has 4 heterocycles. The molecular formula is C12H12N8O6. The zero-order valence-electron chi connectivity index (χ0n) is 12.9. The van der Waals surface area contributed by atoms with E-state index in [-0.39, 0.29) is 22.3 Å². The lowest BCUT2D eigenvalue weighted by Gasteiger charge is -1.83. The van der Waals surface area contributed by atoms with E-state index in [0.717, 1.165) is 0 Å². The molecule has 0 fully saturated rings. The van der Waals surface area contributed by atoms with Crippen LogP contribution in [0.25, 0.3) is 22.3 Å². The van der Waals surface area contributed by atoms with Gasteiger partial charge in [-0.25, -0.2) is 19.2 Å². The fourth-order valence-corrected chi connectivity index (χ4v) is 1.92. The molecule has 14 nitrogen and oxygen atoms in total. The minimum absolute atomic E-state index is 0.0413. The number of hydrogen-bond acceptors (Lipinski definition) is 6. The van der Waals surface area contributed by atoms with E-state index < -0.39 is 33.9 Å². The molecule has 4 rings (SSSR count). The van der Waals surface area contributed by atoms with Crippen molar-refractivity contribution < 1.29 is 0 Å². The lowest BCUT2D eigenvalue weighted by atomic mass is 10.5. The van der Waals surface area contributed by atoms with Crippen LogP contribution in [0.5, 0.6) is 0 Å². The summed E-state index contributed by atoms with van der Waals surface area (Å²) in [6.07, 6.45) is 0. The highest BCUT2D eigenvalue weighted by Gasteiger charge is 2.03. The van der Waals surface area contributed by atoms with Gasteiger partial charge >= 0.3 is 22.8 Å². The molecule has 14 heteroatoms. The van der Waals surface area contributed by atoms with Crippen molar-refractivity contribution in [1.82, 2.24) is 39.9 Å². The Hall–Kier alpha value is -4.36. The summed E-state index contributed by atoms with van der Waals surface area (Å²) in [6, 6.07) is 0. The lowest BCUT2D eigenvalue weighted by molar-refractivity contribution is 1.07. The third-order valence-electron chi connectivity index (χ3n) is 2.84. The fraction of sp³-hybridized carbons (Fsp3) is 0. The standard InChI is InChI=1S/2C5H4N4O3.C2H4/c2*10-3-1-2(7-4(11)6-1)8-5(12)9-3;1-2/h2*(H4,6,7,8,9,10,11,12);1-2H2. The summed E-state index contributed by atoms with van der Waals surface area (Å²) in [5.41, 5.74) is -3.30. The van der Waals surface area contributed by atoms with Crippen LogP contribution in [0, 0.1) is 0 Å². The molecule has 0 aromatic carbocycles. The molecule has 0 amide bonds. The van der Waals surface area contributed by atoms with Gasteiger partial charge in [-0.15, -0.1) is 13.2 Å². The molecule has 0 saturated heterocycles. The van der Waals surface area contributed by atoms with Crippen molar-refractivity contribution in [2.45, 2.75) is 0 Å². The van der Waals surface area contributed by atoms with E-state index in [4.69, 9.17) is 0 Å². The van der Waals surface area contributed by atoms with Gasteiger partial charge in [-0.1, -0.05) is 0 Å². The topological polar surface area (TPSA) is 229 Å². The van der Waals surface area contributed by atoms with Gasteiger partial charge in [-0.3, -0.25) is 49.5 Å². The van der Waals surface area contributed by atoms with Gasteiger partial charge in [0.2, 0.25) is 0 Å². The molecule has 0 bridgehead atoms. The van der Waals surface area contributed by atoms with Crippen LogP contribution in [-0.2, 0) is 0 Å². The van der Waals surface area contributed by atoms with Crippen LogP contribution in [-0.4, -0.2) is 39.9 Å². The molecule has 8 N–H and O–H groups in total. The first kappa shape index (κ1) is 18.0. The van der Waals surface area contributed by atoms with Gasteiger partial charge in [-0.2, -0.15) is 0 Å². The normalized spacial score (nSPS) is 10.0. The minimum atomic E-state index is -0.650. The second kappa shape index (κ2) is 7.04. The maximum Gasteiger partial charge on any atom is 0.327 e. The number of nitrogens with one attached hydrogen (secondary N) is 8. The Bertz CT molecular complexity index is 1290. The van der Waals surface area contributed by atoms with E-state index in [0.29, 0.717) is 0 Å². The number of H-pyrrole nitrogens is 8. The van der Waals surface area contributed by atoms with E-state index >= 15 is 0 Å². The highest BCUT2D eigenvalue weighted by molar-refractivity contribution is 5.67. The van der Waals surface area contributed by atoms with Crippen LogP contribution in [0.3, 0.4) is 0 Å². The lowest BCUT2D eigenvalue weighted by Crippen LogP contribution is -2.21. The second-order valence-electron chi connectivity index (χ2n) is 4.47. The number of fused-ring (bicyclic) bond motifs is 2. The fourth-order valence-electron chi connectivity index (χ4n) is 1.92. The van der Waals surface area contributed by atoms with Crippen LogP contribution >= 0.6 is 0 Å². The van der Waals surface area contributed by atoms with Crippen molar-refractivity contribution in [3.63, 3.8) is 0 Å². The average molecular weight is 364 g/mol. The van der Waals surface area contributed by atoms with Gasteiger partial charge in [0.15, 0.2) is 0 Å². The Labute approximate surface area is 139 Å². The van der Waals surface area contributed by atoms with Crippen LogP contribution in [0.1, 0.15) is 0 Å². The second-order valence-corrected chi connectivity index (χ2v) is 4.47. The van der Waals surface area contributed by atoms with Crippen LogP contribution < -0.4 is 33.9 Å². The Balaban J connectivity index is 0.000000171. The number of rotatable bonds is 0. The predicted molar refractivity (Wildman–Crippen MR) is 91.6 cm³/mol. The van der Waals surface area contributed by atoms with Crippen molar-refractivity contribution in [2.24, 2.45) is 0 Å². The number of aromatic amines is 8. The molecule has 0 atom stereocenters. The first-order chi connectivity index (χ1) is 12.3. The van der Waals surface area contributed by atoms with E-state index in [1.165, 1.54) is 0 Å². The molecule has 0 aliphatic rings. The van der Waals surface area contributed by atoms with Gasteiger partial charge in [0.05, 0.1) is 0 Å². The molecule has 0 radical (unpaired) electrons. The monoisotopic (exact) mass is 364 g/mol. The average Bonchev–Trinajstić information content (AvgIpc) is 3.12. The summed E-state index contributed by atoms with van der Waals surface area (Å²) in [5, 5.41) is 0. The van der Waals surface area contributed by atoms with Crippen molar-refractivity contribution in [3.05, 3.63) is 75.8 Å². The molecule has 0 aliphatic heterocycles. The van der Waals surface area contributed by atoms with E-state index in [1.54, 1.807) is 0 Å². The van der Waals surface area contributed by atoms with Crippen molar-refractivity contribution in [2.75, 3.05) is 0 Å². The van der Waals surface area contributed by atoms with Gasteiger partial charge in [0.1, 0.15) is 22.3 Å². The largest absolute Gasteiger partial charge is 0.327 e. The Morgan fingerprint density at radius 1 is 0.423 bits per heavy atom. The van der Waals surface area contributed by atoms with E-state index in [2.05, 4.69) is 43.1 Å². The van der Waals surface area contributed by atoms with Crippen LogP contribution in [0.2, 0.25) is 0 Å². The Morgan fingerprint density at radius 3 is 1.00 bits per heavy atom. The third kappa shape index (κ3) is 3.58. The number of hydrogen-bond donors (Lipinski definition) is 8. The number of imidazole rings is 2. The van der Waals surface area contributed by atoms with Crippen LogP contribution in [0.15, 0.2) is 41.9 Å². The summed E-state index contributed by atoms with van der Waals surface area (Å²) in [7, 11) is 0. The summed E-state index contributed by atoms with van der Waals surface area (Å²) in [5.74, 6) is 0. The molecule has 26 heavy (non-hydrogen) atoms. The number of aromatic nitrogens is 8. The third-order valence-corrected chi connectivity index (χ3v) is 2.84. The predicted octanol–water partition coefficient (Wildman–Crippen LogP) is -2.73. The SMILES string of the molecule is C=C.O=c1[nH]c(=O)c2[nH]c(=O)[nH]c2[nH]1.O=c1[nH]c(=O)c2[nH]c(=O)[nH]c2[nH]1. The van der Waals surface area contributed by atoms with Gasteiger partial charge in [0.25, 0.3) is 11.1 Å². The molecule has 136 valence electrons. The summed E-state index contributed by atoms with van der Waals surface area (Å²) < 4.78 is 0. The molecule has 0 spiro atoms.